The highest BCUT2D eigenvalue weighted by Gasteiger charge is 2.35. The second kappa shape index (κ2) is 6.94. The summed E-state index contributed by atoms with van der Waals surface area (Å²) >= 11 is 0. The van der Waals surface area contributed by atoms with Gasteiger partial charge in [0.15, 0.2) is 0 Å². The maximum absolute atomic E-state index is 12.6. The minimum Gasteiger partial charge on any atom is -0.326 e. The van der Waals surface area contributed by atoms with Crippen LogP contribution in [-0.4, -0.2) is 18.4 Å². The summed E-state index contributed by atoms with van der Waals surface area (Å²) in [6.07, 6.45) is 4.65. The van der Waals surface area contributed by atoms with E-state index in [1.807, 2.05) is 30.3 Å². The molecule has 1 atom stereocenters. The molecule has 2 aliphatic rings. The van der Waals surface area contributed by atoms with Crippen LogP contribution < -0.4 is 10.2 Å². The summed E-state index contributed by atoms with van der Waals surface area (Å²) in [7, 11) is 0. The van der Waals surface area contributed by atoms with Crippen molar-refractivity contribution < 1.29 is 9.59 Å². The first-order valence-corrected chi connectivity index (χ1v) is 9.46. The quantitative estimate of drug-likeness (QED) is 0.915. The van der Waals surface area contributed by atoms with Crippen molar-refractivity contribution >= 4 is 23.2 Å². The van der Waals surface area contributed by atoms with Gasteiger partial charge in [-0.15, -0.1) is 0 Å². The predicted molar refractivity (Wildman–Crippen MR) is 103 cm³/mol. The van der Waals surface area contributed by atoms with Crippen LogP contribution in [0.4, 0.5) is 11.4 Å². The molecule has 1 saturated heterocycles. The number of nitrogens with one attached hydrogen (secondary N) is 1. The highest BCUT2D eigenvalue weighted by atomic mass is 16.2. The predicted octanol–water partition coefficient (Wildman–Crippen LogP) is 3.73. The van der Waals surface area contributed by atoms with Gasteiger partial charge in [-0.3, -0.25) is 9.59 Å². The number of fused-ring (bicyclic) bond motifs is 1. The topological polar surface area (TPSA) is 49.4 Å². The molecule has 0 spiro atoms. The van der Waals surface area contributed by atoms with Gasteiger partial charge in [0.2, 0.25) is 11.8 Å². The number of aryl methyl sites for hydroxylation is 3. The van der Waals surface area contributed by atoms with Crippen LogP contribution in [0.2, 0.25) is 0 Å². The Bertz CT molecular complexity index is 842. The summed E-state index contributed by atoms with van der Waals surface area (Å²) in [5.41, 5.74) is 5.68. The largest absolute Gasteiger partial charge is 0.326 e. The zero-order valence-corrected chi connectivity index (χ0v) is 15.1. The molecule has 1 unspecified atom stereocenters. The Morgan fingerprint density at radius 3 is 2.65 bits per heavy atom. The third-order valence-electron chi connectivity index (χ3n) is 5.52. The normalized spacial score (nSPS) is 18.9. The fraction of sp³-hybridized carbons (Fsp3) is 0.364. The molecule has 26 heavy (non-hydrogen) atoms. The van der Waals surface area contributed by atoms with Crippen LogP contribution in [-0.2, 0) is 28.9 Å². The molecule has 0 bridgehead atoms. The Morgan fingerprint density at radius 2 is 1.88 bits per heavy atom. The van der Waals surface area contributed by atoms with E-state index in [0.29, 0.717) is 6.54 Å². The van der Waals surface area contributed by atoms with Gasteiger partial charge in [0.1, 0.15) is 0 Å². The summed E-state index contributed by atoms with van der Waals surface area (Å²) in [4.78, 5) is 26.8. The number of rotatable bonds is 4. The molecular weight excluding hydrogens is 324 g/mol. The van der Waals surface area contributed by atoms with E-state index in [2.05, 4.69) is 24.4 Å². The number of nitrogens with zero attached hydrogens (tertiary/aromatic N) is 1. The number of hydrogen-bond donors (Lipinski definition) is 1. The van der Waals surface area contributed by atoms with E-state index < -0.39 is 0 Å². The van der Waals surface area contributed by atoms with Crippen molar-refractivity contribution in [2.45, 2.75) is 39.0 Å². The zero-order chi connectivity index (χ0) is 18.1. The second-order valence-corrected chi connectivity index (χ2v) is 7.25. The summed E-state index contributed by atoms with van der Waals surface area (Å²) in [5.74, 6) is -0.353. The summed E-state index contributed by atoms with van der Waals surface area (Å²) < 4.78 is 0. The minimum absolute atomic E-state index is 0.0170. The lowest BCUT2D eigenvalue weighted by atomic mass is 10.1. The highest BCUT2D eigenvalue weighted by Crippen LogP contribution is 2.28. The number of amides is 2. The maximum atomic E-state index is 12.6. The van der Waals surface area contributed by atoms with Gasteiger partial charge < -0.3 is 10.2 Å². The molecule has 0 aromatic heterocycles. The lowest BCUT2D eigenvalue weighted by Crippen LogP contribution is -2.28. The standard InChI is InChI=1S/C22H24N2O2/c1-2-15-6-10-20(11-7-15)24-14-18(13-21(24)25)22(26)23-19-9-8-16-4-3-5-17(16)12-19/h6-12,18H,2-5,13-14H2,1H3,(H,23,26). The molecule has 0 saturated carbocycles. The van der Waals surface area contributed by atoms with Crippen molar-refractivity contribution in [1.82, 2.24) is 0 Å². The fourth-order valence-electron chi connectivity index (χ4n) is 3.94. The van der Waals surface area contributed by atoms with Crippen molar-refractivity contribution in [1.29, 1.82) is 0 Å². The molecule has 2 aromatic rings. The van der Waals surface area contributed by atoms with Gasteiger partial charge in [-0.1, -0.05) is 25.1 Å². The number of carbonyl (C=O) groups is 2. The third-order valence-corrected chi connectivity index (χ3v) is 5.52. The molecule has 2 amide bonds. The van der Waals surface area contributed by atoms with Crippen LogP contribution in [0.15, 0.2) is 42.5 Å². The van der Waals surface area contributed by atoms with E-state index in [1.165, 1.54) is 23.1 Å². The molecule has 1 heterocycles. The Hall–Kier alpha value is -2.62. The van der Waals surface area contributed by atoms with Gasteiger partial charge >= 0.3 is 0 Å². The van der Waals surface area contributed by atoms with E-state index in [9.17, 15) is 9.59 Å². The molecule has 134 valence electrons. The monoisotopic (exact) mass is 348 g/mol. The molecule has 1 N–H and O–H groups in total. The van der Waals surface area contributed by atoms with Gasteiger partial charge in [-0.05, 0) is 66.6 Å². The Balaban J connectivity index is 1.43. The van der Waals surface area contributed by atoms with Crippen LogP contribution >= 0.6 is 0 Å². The lowest BCUT2D eigenvalue weighted by molar-refractivity contribution is -0.122. The van der Waals surface area contributed by atoms with Gasteiger partial charge in [-0.2, -0.15) is 0 Å². The van der Waals surface area contributed by atoms with Crippen molar-refractivity contribution in [3.05, 3.63) is 59.2 Å². The third kappa shape index (κ3) is 3.24. The molecule has 2 aromatic carbocycles. The average Bonchev–Trinajstić information content (AvgIpc) is 3.28. The summed E-state index contributed by atoms with van der Waals surface area (Å²) in [6.45, 7) is 2.55. The SMILES string of the molecule is CCc1ccc(N2CC(C(=O)Nc3ccc4c(c3)CCC4)CC2=O)cc1. The first-order chi connectivity index (χ1) is 12.6. The van der Waals surface area contributed by atoms with E-state index in [4.69, 9.17) is 0 Å². The first-order valence-electron chi connectivity index (χ1n) is 9.46. The molecule has 0 radical (unpaired) electrons. The second-order valence-electron chi connectivity index (χ2n) is 7.25. The summed E-state index contributed by atoms with van der Waals surface area (Å²) in [5, 5.41) is 3.01. The fourth-order valence-corrected chi connectivity index (χ4v) is 3.94. The lowest BCUT2D eigenvalue weighted by Gasteiger charge is -2.17. The van der Waals surface area contributed by atoms with Crippen LogP contribution in [0.25, 0.3) is 0 Å². The maximum Gasteiger partial charge on any atom is 0.229 e. The zero-order valence-electron chi connectivity index (χ0n) is 15.1. The number of benzene rings is 2. The number of anilines is 2. The van der Waals surface area contributed by atoms with Crippen molar-refractivity contribution in [2.24, 2.45) is 5.92 Å². The molecule has 4 heteroatoms. The number of carbonyl (C=O) groups excluding carboxylic acids is 2. The van der Waals surface area contributed by atoms with Gasteiger partial charge in [0.25, 0.3) is 0 Å². The summed E-state index contributed by atoms with van der Waals surface area (Å²) in [6, 6.07) is 14.2. The molecule has 4 rings (SSSR count). The molecule has 1 fully saturated rings. The van der Waals surface area contributed by atoms with Gasteiger partial charge in [-0.25, -0.2) is 0 Å². The van der Waals surface area contributed by atoms with E-state index >= 15 is 0 Å². The molecule has 1 aliphatic carbocycles. The minimum atomic E-state index is -0.304. The first kappa shape index (κ1) is 16.8. The van der Waals surface area contributed by atoms with Crippen molar-refractivity contribution in [3.8, 4) is 0 Å². The highest BCUT2D eigenvalue weighted by molar-refractivity contribution is 6.03. The smallest absolute Gasteiger partial charge is 0.229 e. The van der Waals surface area contributed by atoms with Gasteiger partial charge in [0, 0.05) is 24.3 Å². The molecular formula is C22H24N2O2. The van der Waals surface area contributed by atoms with Gasteiger partial charge in [0.05, 0.1) is 5.92 Å². The van der Waals surface area contributed by atoms with Crippen LogP contribution in [0.5, 0.6) is 0 Å². The van der Waals surface area contributed by atoms with Crippen LogP contribution in [0, 0.1) is 5.92 Å². The van der Waals surface area contributed by atoms with Crippen LogP contribution in [0.3, 0.4) is 0 Å². The van der Waals surface area contributed by atoms with Crippen molar-refractivity contribution in [2.75, 3.05) is 16.8 Å². The number of hydrogen-bond acceptors (Lipinski definition) is 2. The average molecular weight is 348 g/mol. The molecule has 1 aliphatic heterocycles. The molecule has 4 nitrogen and oxygen atoms in total. The Kier molecular flexibility index (Phi) is 4.49. The van der Waals surface area contributed by atoms with Crippen molar-refractivity contribution in [3.63, 3.8) is 0 Å². The van der Waals surface area contributed by atoms with Crippen LogP contribution in [0.1, 0.15) is 36.5 Å². The van der Waals surface area contributed by atoms with E-state index in [1.54, 1.807) is 4.90 Å². The Morgan fingerprint density at radius 1 is 1.12 bits per heavy atom. The Labute approximate surface area is 154 Å². The van der Waals surface area contributed by atoms with E-state index in [0.717, 1.165) is 30.6 Å². The van der Waals surface area contributed by atoms with E-state index in [-0.39, 0.29) is 24.2 Å².